The number of hydrogen-bond donors (Lipinski definition) is 0. The molecule has 0 bridgehead atoms. The van der Waals surface area contributed by atoms with E-state index < -0.39 is 9.84 Å². The van der Waals surface area contributed by atoms with Crippen molar-refractivity contribution in [3.05, 3.63) is 63.1 Å². The van der Waals surface area contributed by atoms with Crippen molar-refractivity contribution < 1.29 is 8.42 Å². The lowest BCUT2D eigenvalue weighted by molar-refractivity contribution is 0.601. The fourth-order valence-corrected chi connectivity index (χ4v) is 6.97. The van der Waals surface area contributed by atoms with Crippen molar-refractivity contribution in [3.8, 4) is 0 Å². The van der Waals surface area contributed by atoms with Crippen LogP contribution in [0.4, 0.5) is 5.69 Å². The summed E-state index contributed by atoms with van der Waals surface area (Å²) in [6, 6.07) is 12.4. The Labute approximate surface area is 177 Å². The molecule has 4 nitrogen and oxygen atoms in total. The summed E-state index contributed by atoms with van der Waals surface area (Å²) >= 11 is 19.8. The molecule has 142 valence electrons. The molecule has 1 fully saturated rings. The van der Waals surface area contributed by atoms with Gasteiger partial charge in [0.05, 0.1) is 23.6 Å². The molecule has 2 aliphatic rings. The SMILES string of the molecule is O=S1(=O)CC2N=C(SCc3ccc(Cl)cc3Cl)N(c3ccc(Cl)cc3)C2C1. The molecule has 0 aromatic heterocycles. The lowest BCUT2D eigenvalue weighted by Gasteiger charge is -2.26. The van der Waals surface area contributed by atoms with Crippen LogP contribution in [0.5, 0.6) is 0 Å². The minimum atomic E-state index is -3.08. The van der Waals surface area contributed by atoms with Crippen LogP contribution in [0.2, 0.25) is 15.1 Å². The number of sulfone groups is 1. The van der Waals surface area contributed by atoms with Gasteiger partial charge in [0, 0.05) is 26.5 Å². The molecule has 0 radical (unpaired) electrons. The summed E-state index contributed by atoms with van der Waals surface area (Å²) in [6.45, 7) is 0. The van der Waals surface area contributed by atoms with E-state index in [9.17, 15) is 8.42 Å². The summed E-state index contributed by atoms with van der Waals surface area (Å²) in [7, 11) is -3.08. The Balaban J connectivity index is 1.61. The molecule has 2 aromatic carbocycles. The number of nitrogens with zero attached hydrogens (tertiary/aromatic N) is 2. The number of hydrogen-bond acceptors (Lipinski definition) is 5. The predicted octanol–water partition coefficient (Wildman–Crippen LogP) is 4.92. The Kier molecular flexibility index (Phi) is 5.38. The maximum absolute atomic E-state index is 12.1. The van der Waals surface area contributed by atoms with Gasteiger partial charge in [0.2, 0.25) is 0 Å². The molecule has 0 N–H and O–H groups in total. The van der Waals surface area contributed by atoms with Crippen LogP contribution in [0.1, 0.15) is 5.56 Å². The number of thioether (sulfide) groups is 1. The summed E-state index contributed by atoms with van der Waals surface area (Å²) in [6.07, 6.45) is 0. The maximum Gasteiger partial charge on any atom is 0.164 e. The molecule has 0 spiro atoms. The topological polar surface area (TPSA) is 49.7 Å². The molecule has 1 saturated heterocycles. The maximum atomic E-state index is 12.1. The number of fused-ring (bicyclic) bond motifs is 1. The first kappa shape index (κ1) is 19.4. The lowest BCUT2D eigenvalue weighted by Crippen LogP contribution is -2.39. The first-order valence-electron chi connectivity index (χ1n) is 8.22. The molecule has 2 aliphatic heterocycles. The molecular formula is C18H15Cl3N2O2S2. The van der Waals surface area contributed by atoms with Crippen LogP contribution in [-0.4, -0.2) is 37.2 Å². The first-order valence-corrected chi connectivity index (χ1v) is 12.2. The van der Waals surface area contributed by atoms with Gasteiger partial charge >= 0.3 is 0 Å². The van der Waals surface area contributed by atoms with Crippen LogP contribution in [0.25, 0.3) is 0 Å². The van der Waals surface area contributed by atoms with Crippen LogP contribution in [0, 0.1) is 0 Å². The van der Waals surface area contributed by atoms with Crippen molar-refractivity contribution >= 4 is 67.3 Å². The summed E-state index contributed by atoms with van der Waals surface area (Å²) in [4.78, 5) is 6.73. The lowest BCUT2D eigenvalue weighted by atomic mass is 10.1. The van der Waals surface area contributed by atoms with Gasteiger partial charge in [0.15, 0.2) is 15.0 Å². The fourth-order valence-electron chi connectivity index (χ4n) is 3.32. The van der Waals surface area contributed by atoms with Crippen molar-refractivity contribution in [2.45, 2.75) is 17.8 Å². The van der Waals surface area contributed by atoms with Gasteiger partial charge in [-0.15, -0.1) is 0 Å². The standard InChI is InChI=1S/C18H15Cl3N2O2S2/c19-12-3-5-14(6-4-12)23-17-10-27(24,25)9-16(17)22-18(23)26-8-11-1-2-13(20)7-15(11)21/h1-7,16-17H,8-10H2. The third kappa shape index (κ3) is 4.10. The fraction of sp³-hybridized carbons (Fsp3) is 0.278. The minimum absolute atomic E-state index is 0.0908. The third-order valence-corrected chi connectivity index (χ3v) is 8.14. The number of rotatable bonds is 3. The largest absolute Gasteiger partial charge is 0.315 e. The van der Waals surface area contributed by atoms with Crippen LogP contribution in [0.15, 0.2) is 47.5 Å². The molecule has 2 atom stereocenters. The van der Waals surface area contributed by atoms with Gasteiger partial charge in [-0.1, -0.05) is 52.6 Å². The molecule has 4 rings (SSSR count). The molecule has 0 amide bonds. The van der Waals surface area contributed by atoms with Crippen LogP contribution in [-0.2, 0) is 15.6 Å². The van der Waals surface area contributed by atoms with Crippen LogP contribution in [0.3, 0.4) is 0 Å². The molecule has 0 aliphatic carbocycles. The van der Waals surface area contributed by atoms with E-state index in [4.69, 9.17) is 39.8 Å². The number of halogens is 3. The van der Waals surface area contributed by atoms with E-state index in [0.717, 1.165) is 16.4 Å². The van der Waals surface area contributed by atoms with Gasteiger partial charge in [0.1, 0.15) is 0 Å². The molecule has 2 unspecified atom stereocenters. The Morgan fingerprint density at radius 1 is 1.04 bits per heavy atom. The highest BCUT2D eigenvalue weighted by Gasteiger charge is 2.47. The molecule has 2 heterocycles. The summed E-state index contributed by atoms with van der Waals surface area (Å²) in [5.74, 6) is 0.814. The zero-order chi connectivity index (χ0) is 19.2. The van der Waals surface area contributed by atoms with Gasteiger partial charge in [-0.3, -0.25) is 4.99 Å². The van der Waals surface area contributed by atoms with Crippen molar-refractivity contribution in [2.24, 2.45) is 4.99 Å². The second-order valence-corrected chi connectivity index (χ2v) is 10.9. The van der Waals surface area contributed by atoms with Gasteiger partial charge in [-0.2, -0.15) is 0 Å². The van der Waals surface area contributed by atoms with Crippen molar-refractivity contribution in [1.82, 2.24) is 0 Å². The minimum Gasteiger partial charge on any atom is -0.315 e. The molecule has 9 heteroatoms. The van der Waals surface area contributed by atoms with E-state index >= 15 is 0 Å². The van der Waals surface area contributed by atoms with E-state index in [1.807, 2.05) is 23.1 Å². The smallest absolute Gasteiger partial charge is 0.164 e. The highest BCUT2D eigenvalue weighted by molar-refractivity contribution is 8.13. The second-order valence-electron chi connectivity index (χ2n) is 6.49. The molecule has 27 heavy (non-hydrogen) atoms. The van der Waals surface area contributed by atoms with E-state index in [1.54, 1.807) is 36.0 Å². The normalized spacial score (nSPS) is 23.4. The summed E-state index contributed by atoms with van der Waals surface area (Å²) in [5.41, 5.74) is 1.84. The zero-order valence-corrected chi connectivity index (χ0v) is 17.9. The van der Waals surface area contributed by atoms with E-state index in [-0.39, 0.29) is 23.6 Å². The van der Waals surface area contributed by atoms with Crippen molar-refractivity contribution in [2.75, 3.05) is 16.4 Å². The van der Waals surface area contributed by atoms with Gasteiger partial charge in [0.25, 0.3) is 0 Å². The van der Waals surface area contributed by atoms with Crippen LogP contribution >= 0.6 is 46.6 Å². The van der Waals surface area contributed by atoms with E-state index in [1.165, 1.54) is 0 Å². The number of amidine groups is 1. The Bertz CT molecular complexity index is 1010. The average molecular weight is 462 g/mol. The van der Waals surface area contributed by atoms with Gasteiger partial charge < -0.3 is 4.90 Å². The van der Waals surface area contributed by atoms with Crippen LogP contribution < -0.4 is 4.90 Å². The van der Waals surface area contributed by atoms with Gasteiger partial charge in [-0.05, 0) is 42.0 Å². The van der Waals surface area contributed by atoms with E-state index in [0.29, 0.717) is 20.8 Å². The van der Waals surface area contributed by atoms with Gasteiger partial charge in [-0.25, -0.2) is 8.42 Å². The highest BCUT2D eigenvalue weighted by atomic mass is 35.5. The van der Waals surface area contributed by atoms with Crippen molar-refractivity contribution in [1.29, 1.82) is 0 Å². The summed E-state index contributed by atoms with van der Waals surface area (Å²) in [5, 5.41) is 2.63. The molecule has 2 aromatic rings. The second kappa shape index (κ2) is 7.48. The van der Waals surface area contributed by atoms with Crippen molar-refractivity contribution in [3.63, 3.8) is 0 Å². The Morgan fingerprint density at radius 2 is 1.74 bits per heavy atom. The Hall–Kier alpha value is -0.920. The van der Waals surface area contributed by atoms with E-state index in [2.05, 4.69) is 0 Å². The predicted molar refractivity (Wildman–Crippen MR) is 115 cm³/mol. The monoisotopic (exact) mass is 460 g/mol. The Morgan fingerprint density at radius 3 is 2.44 bits per heavy atom. The quantitative estimate of drug-likeness (QED) is 0.651. The molecule has 0 saturated carbocycles. The molecular weight excluding hydrogens is 447 g/mol. The summed E-state index contributed by atoms with van der Waals surface area (Å²) < 4.78 is 24.2. The number of aliphatic imine (C=N–C) groups is 1. The average Bonchev–Trinajstić information content (AvgIpc) is 3.06. The first-order chi connectivity index (χ1) is 12.8. The number of benzene rings is 2. The number of anilines is 1. The highest BCUT2D eigenvalue weighted by Crippen LogP contribution is 2.37. The third-order valence-electron chi connectivity index (χ3n) is 4.58. The zero-order valence-electron chi connectivity index (χ0n) is 14.0.